The van der Waals surface area contributed by atoms with E-state index in [4.69, 9.17) is 9.84 Å². The fourth-order valence-electron chi connectivity index (χ4n) is 2.46. The first-order chi connectivity index (χ1) is 10.6. The number of carboxylic acid groups (broad SMARTS) is 1. The third-order valence-corrected chi connectivity index (χ3v) is 3.66. The lowest BCUT2D eigenvalue weighted by Gasteiger charge is -2.39. The van der Waals surface area contributed by atoms with Gasteiger partial charge in [0.2, 0.25) is 0 Å². The van der Waals surface area contributed by atoms with Gasteiger partial charge in [0.25, 0.3) is 0 Å². The summed E-state index contributed by atoms with van der Waals surface area (Å²) in [5, 5.41) is 57.1. The average molecular weight is 328 g/mol. The van der Waals surface area contributed by atoms with Crippen molar-refractivity contribution >= 4 is 11.9 Å². The predicted molar refractivity (Wildman–Crippen MR) is 72.8 cm³/mol. The van der Waals surface area contributed by atoms with Gasteiger partial charge >= 0.3 is 11.9 Å². The maximum atomic E-state index is 12.0. The van der Waals surface area contributed by atoms with E-state index in [1.54, 1.807) is 0 Å². The number of aliphatic carboxylic acids is 1. The Morgan fingerprint density at radius 1 is 1.09 bits per heavy atom. The van der Waals surface area contributed by atoms with Gasteiger partial charge in [0.1, 0.15) is 23.7 Å². The second kappa shape index (κ2) is 6.03. The highest BCUT2D eigenvalue weighted by atomic mass is 16.6. The van der Waals surface area contributed by atoms with Crippen molar-refractivity contribution in [2.75, 3.05) is 0 Å². The monoisotopic (exact) mass is 328 g/mol. The Kier molecular flexibility index (Phi) is 4.46. The molecule has 0 saturated heterocycles. The molecule has 23 heavy (non-hydrogen) atoms. The lowest BCUT2D eigenvalue weighted by molar-refractivity contribution is -0.187. The number of rotatable bonds is 3. The van der Waals surface area contributed by atoms with E-state index in [2.05, 4.69) is 0 Å². The van der Waals surface area contributed by atoms with E-state index in [0.29, 0.717) is 0 Å². The van der Waals surface area contributed by atoms with Crippen molar-refractivity contribution < 1.29 is 45.0 Å². The first-order valence-corrected chi connectivity index (χ1v) is 6.68. The van der Waals surface area contributed by atoms with Crippen LogP contribution in [-0.4, -0.2) is 66.5 Å². The first-order valence-electron chi connectivity index (χ1n) is 6.68. The van der Waals surface area contributed by atoms with Crippen LogP contribution in [0.25, 0.3) is 0 Å². The van der Waals surface area contributed by atoms with Crippen LogP contribution >= 0.6 is 0 Å². The van der Waals surface area contributed by atoms with Gasteiger partial charge in [-0.25, -0.2) is 9.59 Å². The van der Waals surface area contributed by atoms with Crippen molar-refractivity contribution in [3.05, 3.63) is 23.8 Å². The molecule has 4 atom stereocenters. The number of aromatic hydroxyl groups is 2. The molecular weight excluding hydrogens is 312 g/mol. The smallest absolute Gasteiger partial charge is 0.338 e. The standard InChI is InChI=1S/C14H16O9/c15-7-1-6(2-8(16)3-7)12(19)23-10-5-14(22,13(20)21)4-9(17)11(10)18/h1-3,9-11,15-18,22H,4-5H2,(H,20,21)/t9-,10-,11-,14+/m1/s1. The van der Waals surface area contributed by atoms with E-state index >= 15 is 0 Å². The van der Waals surface area contributed by atoms with Crippen LogP contribution in [-0.2, 0) is 9.53 Å². The van der Waals surface area contributed by atoms with Crippen molar-refractivity contribution in [2.45, 2.75) is 36.8 Å². The van der Waals surface area contributed by atoms with Crippen LogP contribution in [0.15, 0.2) is 18.2 Å². The number of aliphatic hydroxyl groups is 3. The average Bonchev–Trinajstić information content (AvgIpc) is 2.43. The molecule has 1 aromatic carbocycles. The van der Waals surface area contributed by atoms with Gasteiger partial charge in [-0.15, -0.1) is 0 Å². The molecular formula is C14H16O9. The number of hydrogen-bond acceptors (Lipinski definition) is 8. The number of hydrogen-bond donors (Lipinski definition) is 6. The summed E-state index contributed by atoms with van der Waals surface area (Å²) in [6.45, 7) is 0. The van der Waals surface area contributed by atoms with Gasteiger partial charge in [-0.3, -0.25) is 0 Å². The van der Waals surface area contributed by atoms with Gasteiger partial charge in [0.05, 0.1) is 11.7 Å². The number of phenols is 2. The molecule has 0 amide bonds. The van der Waals surface area contributed by atoms with E-state index in [1.165, 1.54) is 0 Å². The van der Waals surface area contributed by atoms with E-state index in [-0.39, 0.29) is 5.56 Å². The largest absolute Gasteiger partial charge is 0.508 e. The number of aliphatic hydroxyl groups excluding tert-OH is 2. The molecule has 1 aromatic rings. The minimum Gasteiger partial charge on any atom is -0.508 e. The maximum absolute atomic E-state index is 12.0. The third kappa shape index (κ3) is 3.52. The second-order valence-electron chi connectivity index (χ2n) is 5.48. The highest BCUT2D eigenvalue weighted by molar-refractivity contribution is 5.90. The molecule has 0 bridgehead atoms. The summed E-state index contributed by atoms with van der Waals surface area (Å²) in [7, 11) is 0. The van der Waals surface area contributed by atoms with Gasteiger partial charge < -0.3 is 35.4 Å². The molecule has 126 valence electrons. The minimum atomic E-state index is -2.34. The molecule has 1 aliphatic rings. The van der Waals surface area contributed by atoms with E-state index < -0.39 is 60.2 Å². The number of carbonyl (C=O) groups excluding carboxylic acids is 1. The van der Waals surface area contributed by atoms with Gasteiger partial charge in [-0.1, -0.05) is 0 Å². The molecule has 2 rings (SSSR count). The Labute approximate surface area is 130 Å². The van der Waals surface area contributed by atoms with E-state index in [0.717, 1.165) is 18.2 Å². The van der Waals surface area contributed by atoms with Crippen LogP contribution in [0.1, 0.15) is 23.2 Å². The Balaban J connectivity index is 2.19. The quantitative estimate of drug-likeness (QED) is 0.380. The van der Waals surface area contributed by atoms with E-state index in [1.807, 2.05) is 0 Å². The predicted octanol–water partition coefficient (Wildman–Crippen LogP) is -1.05. The fraction of sp³-hybridized carbons (Fsp3) is 0.429. The maximum Gasteiger partial charge on any atom is 0.338 e. The topological polar surface area (TPSA) is 165 Å². The normalized spacial score (nSPS) is 30.7. The third-order valence-electron chi connectivity index (χ3n) is 3.66. The van der Waals surface area contributed by atoms with Crippen LogP contribution < -0.4 is 0 Å². The highest BCUT2D eigenvalue weighted by Crippen LogP contribution is 2.32. The van der Waals surface area contributed by atoms with Crippen LogP contribution in [0.3, 0.4) is 0 Å². The van der Waals surface area contributed by atoms with Crippen molar-refractivity contribution in [3.63, 3.8) is 0 Å². The van der Waals surface area contributed by atoms with Gasteiger partial charge in [-0.2, -0.15) is 0 Å². The number of carboxylic acids is 1. The van der Waals surface area contributed by atoms with Gasteiger partial charge in [0.15, 0.2) is 5.60 Å². The zero-order valence-corrected chi connectivity index (χ0v) is 11.8. The second-order valence-corrected chi connectivity index (χ2v) is 5.48. The Bertz CT molecular complexity index is 608. The summed E-state index contributed by atoms with van der Waals surface area (Å²) in [5.74, 6) is -3.48. The lowest BCUT2D eigenvalue weighted by atomic mass is 9.79. The fourth-order valence-corrected chi connectivity index (χ4v) is 2.46. The molecule has 0 radical (unpaired) electrons. The zero-order chi connectivity index (χ0) is 17.4. The summed E-state index contributed by atoms with van der Waals surface area (Å²) < 4.78 is 4.92. The Hall–Kier alpha value is -2.36. The lowest BCUT2D eigenvalue weighted by Crippen LogP contribution is -2.57. The van der Waals surface area contributed by atoms with Crippen molar-refractivity contribution in [1.82, 2.24) is 0 Å². The Morgan fingerprint density at radius 2 is 1.65 bits per heavy atom. The number of phenolic OH excluding ortho intramolecular Hbond substituents is 2. The first kappa shape index (κ1) is 17.0. The molecule has 0 aromatic heterocycles. The molecule has 1 aliphatic carbocycles. The molecule has 1 saturated carbocycles. The molecule has 0 unspecified atom stereocenters. The molecule has 0 heterocycles. The summed E-state index contributed by atoms with van der Waals surface area (Å²) in [6.07, 6.45) is -5.87. The summed E-state index contributed by atoms with van der Waals surface area (Å²) in [6, 6.07) is 2.98. The SMILES string of the molecule is O=C(O[C@@H]1C[C@](O)(C(=O)O)C[C@@H](O)[C@H]1O)c1cc(O)cc(O)c1. The summed E-state index contributed by atoms with van der Waals surface area (Å²) in [4.78, 5) is 23.1. The van der Waals surface area contributed by atoms with Crippen molar-refractivity contribution in [3.8, 4) is 11.5 Å². The molecule has 9 nitrogen and oxygen atoms in total. The van der Waals surface area contributed by atoms with Crippen LogP contribution in [0.5, 0.6) is 11.5 Å². The summed E-state index contributed by atoms with van der Waals surface area (Å²) >= 11 is 0. The molecule has 0 aliphatic heterocycles. The number of benzene rings is 1. The van der Waals surface area contributed by atoms with E-state index in [9.17, 15) is 35.1 Å². The van der Waals surface area contributed by atoms with Gasteiger partial charge in [0, 0.05) is 18.9 Å². The zero-order valence-electron chi connectivity index (χ0n) is 11.8. The minimum absolute atomic E-state index is 0.242. The summed E-state index contributed by atoms with van der Waals surface area (Å²) in [5.41, 5.74) is -2.58. The molecule has 6 N–H and O–H groups in total. The van der Waals surface area contributed by atoms with Crippen LogP contribution in [0.4, 0.5) is 0 Å². The molecule has 9 heteroatoms. The van der Waals surface area contributed by atoms with Crippen molar-refractivity contribution in [1.29, 1.82) is 0 Å². The van der Waals surface area contributed by atoms with Crippen LogP contribution in [0, 0.1) is 0 Å². The molecule has 1 fully saturated rings. The number of ether oxygens (including phenoxy) is 1. The Morgan fingerprint density at radius 3 is 2.17 bits per heavy atom. The number of carbonyl (C=O) groups is 2. The molecule has 0 spiro atoms. The van der Waals surface area contributed by atoms with Gasteiger partial charge in [-0.05, 0) is 12.1 Å². The van der Waals surface area contributed by atoms with Crippen LogP contribution in [0.2, 0.25) is 0 Å². The highest BCUT2D eigenvalue weighted by Gasteiger charge is 2.50. The number of esters is 1. The van der Waals surface area contributed by atoms with Crippen molar-refractivity contribution in [2.24, 2.45) is 0 Å².